The van der Waals surface area contributed by atoms with Crippen molar-refractivity contribution < 1.29 is 36.8 Å². The third-order valence-electron chi connectivity index (χ3n) is 10.9. The molecule has 1 aromatic carbocycles. The Balaban J connectivity index is 1.25. The van der Waals surface area contributed by atoms with Gasteiger partial charge < -0.3 is 20.1 Å². The van der Waals surface area contributed by atoms with Crippen molar-refractivity contribution >= 4 is 38.7 Å². The van der Waals surface area contributed by atoms with Crippen molar-refractivity contribution in [1.82, 2.24) is 25.0 Å². The van der Waals surface area contributed by atoms with Crippen LogP contribution in [0.1, 0.15) is 70.4 Å². The van der Waals surface area contributed by atoms with Crippen LogP contribution in [0.5, 0.6) is 0 Å². The highest BCUT2D eigenvalue weighted by molar-refractivity contribution is 7.85. The molecule has 4 fully saturated rings. The van der Waals surface area contributed by atoms with Gasteiger partial charge in [-0.3, -0.25) is 24.0 Å². The van der Waals surface area contributed by atoms with Crippen LogP contribution in [0.2, 0.25) is 0 Å². The van der Waals surface area contributed by atoms with Crippen molar-refractivity contribution in [3.8, 4) is 0 Å². The van der Waals surface area contributed by atoms with Gasteiger partial charge in [0.2, 0.25) is 17.5 Å². The van der Waals surface area contributed by atoms with Crippen LogP contribution in [0.4, 0.5) is 0 Å². The first kappa shape index (κ1) is 32.5. The standard InChI is InChI=1S/C33H45N5O8S/c1-18(2)13-26-30(40)37-12-8-11-27(37)33(45-46-47(6,42)43)38(26)31(41)32(44-33,19(3)4)35-29(39)21-14-23-22-9-7-10-24-28(22)20(16-34-24)15-25(23)36(5)17-21/h7,9-10,16,18-19,21,23,25-27,34H,8,11-15,17H2,1-6H3,(H,35,39). The average molecular weight is 672 g/mol. The molecule has 0 spiro atoms. The number of aromatic nitrogens is 1. The molecule has 5 heterocycles. The molecule has 0 bridgehead atoms. The van der Waals surface area contributed by atoms with Gasteiger partial charge >= 0.3 is 5.91 Å². The third kappa shape index (κ3) is 5.01. The van der Waals surface area contributed by atoms with Crippen LogP contribution in [-0.4, -0.2) is 102 Å². The summed E-state index contributed by atoms with van der Waals surface area (Å²) >= 11 is 0. The Kier molecular flexibility index (Phi) is 7.79. The van der Waals surface area contributed by atoms with Crippen LogP contribution in [0.25, 0.3) is 10.9 Å². The molecule has 14 heteroatoms. The molecule has 7 atom stereocenters. The Labute approximate surface area is 275 Å². The summed E-state index contributed by atoms with van der Waals surface area (Å²) in [4.78, 5) is 57.3. The predicted octanol–water partition coefficient (Wildman–Crippen LogP) is 2.44. The molecule has 4 aliphatic heterocycles. The van der Waals surface area contributed by atoms with E-state index in [-0.39, 0.29) is 36.1 Å². The van der Waals surface area contributed by atoms with Gasteiger partial charge in [-0.25, -0.2) is 0 Å². The third-order valence-corrected chi connectivity index (χ3v) is 11.2. The number of rotatable bonds is 8. The summed E-state index contributed by atoms with van der Waals surface area (Å²) in [6.07, 6.45) is 5.66. The molecule has 0 radical (unpaired) electrons. The summed E-state index contributed by atoms with van der Waals surface area (Å²) in [5.41, 5.74) is 1.63. The summed E-state index contributed by atoms with van der Waals surface area (Å²) in [6.45, 7) is 8.27. The zero-order valence-electron chi connectivity index (χ0n) is 27.8. The number of nitrogens with one attached hydrogen (secondary N) is 2. The van der Waals surface area contributed by atoms with E-state index in [1.54, 1.807) is 18.7 Å². The van der Waals surface area contributed by atoms with E-state index in [4.69, 9.17) is 14.0 Å². The lowest BCUT2D eigenvalue weighted by Crippen LogP contribution is -2.72. The zero-order chi connectivity index (χ0) is 33.6. The number of hydrogen-bond donors (Lipinski definition) is 2. The maximum Gasteiger partial charge on any atom is 0.309 e. The fraction of sp³-hybridized carbons (Fsp3) is 0.667. The number of piperazine rings is 1. The second kappa shape index (κ2) is 11.3. The molecule has 0 saturated carbocycles. The smallest absolute Gasteiger partial charge is 0.309 e. The van der Waals surface area contributed by atoms with Crippen LogP contribution in [0.3, 0.4) is 0 Å². The molecular formula is C33H45N5O8S. The fourth-order valence-corrected chi connectivity index (χ4v) is 9.04. The molecule has 13 nitrogen and oxygen atoms in total. The quantitative estimate of drug-likeness (QED) is 0.319. The number of piperidine rings is 1. The van der Waals surface area contributed by atoms with E-state index in [1.807, 2.05) is 27.0 Å². The number of ether oxygens (including phenoxy) is 1. The molecule has 1 aromatic heterocycles. The van der Waals surface area contributed by atoms with Gasteiger partial charge in [0, 0.05) is 48.1 Å². The summed E-state index contributed by atoms with van der Waals surface area (Å²) in [5, 5.41) is 4.24. The first-order chi connectivity index (χ1) is 22.2. The highest BCUT2D eigenvalue weighted by Gasteiger charge is 2.74. The summed E-state index contributed by atoms with van der Waals surface area (Å²) < 4.78 is 36.1. The topological polar surface area (TPSA) is 151 Å². The molecule has 256 valence electrons. The number of hydrogen-bond acceptors (Lipinski definition) is 9. The lowest BCUT2D eigenvalue weighted by Gasteiger charge is -2.50. The predicted molar refractivity (Wildman–Crippen MR) is 171 cm³/mol. The van der Waals surface area contributed by atoms with Crippen molar-refractivity contribution in [2.75, 3.05) is 26.4 Å². The van der Waals surface area contributed by atoms with Crippen molar-refractivity contribution in [1.29, 1.82) is 0 Å². The molecule has 3 amide bonds. The van der Waals surface area contributed by atoms with Crippen molar-refractivity contribution in [3.05, 3.63) is 35.5 Å². The van der Waals surface area contributed by atoms with Gasteiger partial charge in [-0.2, -0.15) is 13.3 Å². The number of benzene rings is 1. The fourth-order valence-electron chi connectivity index (χ4n) is 8.82. The molecule has 7 unspecified atom stereocenters. The number of likely N-dealkylation sites (tertiary alicyclic amines) is 1. The van der Waals surface area contributed by atoms with E-state index >= 15 is 0 Å². The maximum atomic E-state index is 14.8. The number of H-pyrrole nitrogens is 1. The largest absolute Gasteiger partial charge is 0.361 e. The molecular weight excluding hydrogens is 626 g/mol. The van der Waals surface area contributed by atoms with Crippen LogP contribution >= 0.6 is 0 Å². The van der Waals surface area contributed by atoms with E-state index < -0.39 is 51.6 Å². The Hall–Kier alpha value is -3.04. The normalized spacial score (nSPS) is 33.9. The SMILES string of the molecule is CC(C)CC1C(=O)N2CCCC2C2(OOS(C)(=O)=O)OC(NC(=O)C3CC4c5cccc6[nH]cc(c56)CC4N(C)C3)(C(C)C)C(=O)N12. The molecule has 5 aliphatic rings. The lowest BCUT2D eigenvalue weighted by molar-refractivity contribution is -0.441. The van der Waals surface area contributed by atoms with E-state index in [2.05, 4.69) is 33.5 Å². The van der Waals surface area contributed by atoms with Crippen LogP contribution in [-0.2, 0) is 44.9 Å². The maximum absolute atomic E-state index is 14.8. The number of nitrogens with zero attached hydrogens (tertiary/aromatic N) is 3. The first-order valence-corrected chi connectivity index (χ1v) is 18.5. The first-order valence-electron chi connectivity index (χ1n) is 16.7. The van der Waals surface area contributed by atoms with Gasteiger partial charge in [-0.05, 0) is 62.3 Å². The molecule has 1 aliphatic carbocycles. The van der Waals surface area contributed by atoms with E-state index in [1.165, 1.54) is 21.4 Å². The number of carbonyl (C=O) groups excluding carboxylic acids is 3. The van der Waals surface area contributed by atoms with Gasteiger partial charge in [0.1, 0.15) is 12.1 Å². The van der Waals surface area contributed by atoms with Gasteiger partial charge in [0.05, 0.1) is 12.2 Å². The van der Waals surface area contributed by atoms with Crippen molar-refractivity contribution in [2.45, 2.75) is 95.5 Å². The Morgan fingerprint density at radius 2 is 1.98 bits per heavy atom. The Bertz CT molecular complexity index is 1730. The molecule has 2 N–H and O–H groups in total. The number of likely N-dealkylation sites (N-methyl/N-ethyl adjacent to an activating group) is 1. The minimum absolute atomic E-state index is 0.000665. The molecule has 47 heavy (non-hydrogen) atoms. The van der Waals surface area contributed by atoms with Crippen LogP contribution in [0, 0.1) is 17.8 Å². The minimum atomic E-state index is -4.15. The number of fused-ring (bicyclic) bond motifs is 5. The van der Waals surface area contributed by atoms with Crippen molar-refractivity contribution in [2.24, 2.45) is 17.8 Å². The van der Waals surface area contributed by atoms with Gasteiger partial charge in [-0.15, -0.1) is 4.33 Å². The average Bonchev–Trinajstić information content (AvgIpc) is 3.72. The van der Waals surface area contributed by atoms with E-state index in [0.717, 1.165) is 18.2 Å². The number of aromatic amines is 1. The number of amides is 3. The minimum Gasteiger partial charge on any atom is -0.361 e. The van der Waals surface area contributed by atoms with Gasteiger partial charge in [-0.1, -0.05) is 39.8 Å². The molecule has 4 saturated heterocycles. The second-order valence-electron chi connectivity index (χ2n) is 14.8. The van der Waals surface area contributed by atoms with Crippen LogP contribution < -0.4 is 5.32 Å². The monoisotopic (exact) mass is 671 g/mol. The lowest BCUT2D eigenvalue weighted by atomic mass is 9.72. The molecule has 2 aromatic rings. The van der Waals surface area contributed by atoms with Gasteiger partial charge in [0.15, 0.2) is 0 Å². The summed E-state index contributed by atoms with van der Waals surface area (Å²) in [7, 11) is -2.12. The highest BCUT2D eigenvalue weighted by Crippen LogP contribution is 2.51. The van der Waals surface area contributed by atoms with Gasteiger partial charge in [0.25, 0.3) is 16.0 Å². The van der Waals surface area contributed by atoms with E-state index in [9.17, 15) is 22.8 Å². The van der Waals surface area contributed by atoms with E-state index in [0.29, 0.717) is 32.4 Å². The number of carbonyl (C=O) groups is 3. The Morgan fingerprint density at radius 1 is 1.21 bits per heavy atom. The second-order valence-corrected chi connectivity index (χ2v) is 16.4. The summed E-state index contributed by atoms with van der Waals surface area (Å²) in [5.74, 6) is -4.31. The Morgan fingerprint density at radius 3 is 2.68 bits per heavy atom. The summed E-state index contributed by atoms with van der Waals surface area (Å²) in [6, 6.07) is 4.64. The molecule has 7 rings (SSSR count). The zero-order valence-corrected chi connectivity index (χ0v) is 28.6. The van der Waals surface area contributed by atoms with Crippen molar-refractivity contribution in [3.63, 3.8) is 0 Å². The van der Waals surface area contributed by atoms with Crippen LogP contribution in [0.15, 0.2) is 24.4 Å². The highest BCUT2D eigenvalue weighted by atomic mass is 32.2.